The molecule has 1 saturated heterocycles. The molecular weight excluding hydrogens is 276 g/mol. The van der Waals surface area contributed by atoms with Crippen LogP contribution in [0.1, 0.15) is 32.3 Å². The van der Waals surface area contributed by atoms with E-state index in [1.807, 2.05) is 35.8 Å². The number of piperidine rings is 1. The van der Waals surface area contributed by atoms with Crippen LogP contribution in [0.3, 0.4) is 0 Å². The van der Waals surface area contributed by atoms with Crippen LogP contribution >= 0.6 is 0 Å². The van der Waals surface area contributed by atoms with Gasteiger partial charge < -0.3 is 14.5 Å². The minimum atomic E-state index is 0.183. The highest BCUT2D eigenvalue weighted by Gasteiger charge is 2.25. The lowest BCUT2D eigenvalue weighted by Crippen LogP contribution is -2.47. The quantitative estimate of drug-likeness (QED) is 0.833. The molecule has 1 heterocycles. The number of aryl methyl sites for hydroxylation is 1. The van der Waals surface area contributed by atoms with E-state index in [-0.39, 0.29) is 6.03 Å². The number of carbonyl (C=O) groups is 1. The van der Waals surface area contributed by atoms with Crippen LogP contribution in [-0.2, 0) is 0 Å². The minimum absolute atomic E-state index is 0.183. The third kappa shape index (κ3) is 4.39. The average molecular weight is 304 g/mol. The average Bonchev–Trinajstić information content (AvgIpc) is 2.54. The molecule has 0 radical (unpaired) electrons. The lowest BCUT2D eigenvalue weighted by atomic mass is 9.98. The first-order valence-corrected chi connectivity index (χ1v) is 8.37. The van der Waals surface area contributed by atoms with Crippen LogP contribution in [0.15, 0.2) is 24.3 Å². The van der Waals surface area contributed by atoms with Crippen LogP contribution < -0.4 is 4.74 Å². The van der Waals surface area contributed by atoms with Gasteiger partial charge in [0.1, 0.15) is 5.75 Å². The third-order valence-corrected chi connectivity index (χ3v) is 4.39. The van der Waals surface area contributed by atoms with Crippen molar-refractivity contribution in [2.45, 2.75) is 33.6 Å². The summed E-state index contributed by atoms with van der Waals surface area (Å²) in [7, 11) is 0. The Bertz CT molecular complexity index is 478. The second-order valence-corrected chi connectivity index (χ2v) is 6.01. The monoisotopic (exact) mass is 304 g/mol. The van der Waals surface area contributed by atoms with Gasteiger partial charge in [0, 0.05) is 26.2 Å². The summed E-state index contributed by atoms with van der Waals surface area (Å²) in [5.74, 6) is 1.49. The van der Waals surface area contributed by atoms with E-state index in [4.69, 9.17) is 4.74 Å². The number of nitrogens with zero attached hydrogens (tertiary/aromatic N) is 2. The van der Waals surface area contributed by atoms with Crippen molar-refractivity contribution in [3.8, 4) is 5.75 Å². The van der Waals surface area contributed by atoms with Gasteiger partial charge in [-0.25, -0.2) is 4.79 Å². The molecule has 4 heteroatoms. The van der Waals surface area contributed by atoms with Crippen LogP contribution in [0.4, 0.5) is 4.79 Å². The van der Waals surface area contributed by atoms with Crippen LogP contribution in [-0.4, -0.2) is 48.6 Å². The highest BCUT2D eigenvalue weighted by atomic mass is 16.5. The summed E-state index contributed by atoms with van der Waals surface area (Å²) in [6.07, 6.45) is 2.05. The van der Waals surface area contributed by atoms with Gasteiger partial charge in [-0.05, 0) is 57.2 Å². The van der Waals surface area contributed by atoms with E-state index < -0.39 is 0 Å². The Hall–Kier alpha value is -1.71. The predicted octanol–water partition coefficient (Wildman–Crippen LogP) is 3.55. The molecule has 1 aromatic rings. The molecule has 0 unspecified atom stereocenters. The molecule has 2 amide bonds. The largest absolute Gasteiger partial charge is 0.493 e. The van der Waals surface area contributed by atoms with Crippen LogP contribution in [0, 0.1) is 12.8 Å². The van der Waals surface area contributed by atoms with Crippen LogP contribution in [0.2, 0.25) is 0 Å². The molecule has 0 spiro atoms. The summed E-state index contributed by atoms with van der Waals surface area (Å²) >= 11 is 0. The van der Waals surface area contributed by atoms with Gasteiger partial charge in [-0.2, -0.15) is 0 Å². The van der Waals surface area contributed by atoms with Crippen molar-refractivity contribution in [1.29, 1.82) is 0 Å². The van der Waals surface area contributed by atoms with Crippen molar-refractivity contribution < 1.29 is 9.53 Å². The van der Waals surface area contributed by atoms with Crippen molar-refractivity contribution in [2.75, 3.05) is 32.8 Å². The smallest absolute Gasteiger partial charge is 0.319 e. The summed E-state index contributed by atoms with van der Waals surface area (Å²) in [6, 6.07) is 8.36. The number of benzene rings is 1. The van der Waals surface area contributed by atoms with Crippen LogP contribution in [0.5, 0.6) is 5.75 Å². The van der Waals surface area contributed by atoms with E-state index in [0.29, 0.717) is 5.92 Å². The minimum Gasteiger partial charge on any atom is -0.493 e. The molecule has 0 N–H and O–H groups in total. The number of likely N-dealkylation sites (tertiary alicyclic amines) is 1. The first-order chi connectivity index (χ1) is 10.6. The fourth-order valence-corrected chi connectivity index (χ4v) is 2.90. The van der Waals surface area contributed by atoms with Crippen molar-refractivity contribution in [3.05, 3.63) is 29.8 Å². The summed E-state index contributed by atoms with van der Waals surface area (Å²) in [4.78, 5) is 16.2. The molecule has 1 aliphatic rings. The zero-order valence-electron chi connectivity index (χ0n) is 14.0. The second kappa shape index (κ2) is 8.06. The normalized spacial score (nSPS) is 15.7. The lowest BCUT2D eigenvalue weighted by molar-refractivity contribution is 0.121. The Labute approximate surface area is 134 Å². The van der Waals surface area contributed by atoms with Crippen molar-refractivity contribution >= 4 is 6.03 Å². The van der Waals surface area contributed by atoms with Gasteiger partial charge in [0.05, 0.1) is 6.61 Å². The number of rotatable bonds is 5. The maximum Gasteiger partial charge on any atom is 0.319 e. The van der Waals surface area contributed by atoms with E-state index >= 15 is 0 Å². The Morgan fingerprint density at radius 1 is 1.27 bits per heavy atom. The molecule has 0 aliphatic carbocycles. The third-order valence-electron chi connectivity index (χ3n) is 4.39. The van der Waals surface area contributed by atoms with E-state index in [9.17, 15) is 4.79 Å². The van der Waals surface area contributed by atoms with Gasteiger partial charge in [-0.15, -0.1) is 0 Å². The fraction of sp³-hybridized carbons (Fsp3) is 0.611. The van der Waals surface area contributed by atoms with E-state index in [2.05, 4.69) is 19.1 Å². The SMILES string of the molecule is CCN(CC)C(=O)N1CCC(COc2cccc(C)c2)CC1. The Morgan fingerprint density at radius 3 is 2.55 bits per heavy atom. The summed E-state index contributed by atoms with van der Waals surface area (Å²) in [5.41, 5.74) is 1.22. The number of ether oxygens (including phenoxy) is 1. The number of urea groups is 1. The highest BCUT2D eigenvalue weighted by molar-refractivity contribution is 5.74. The van der Waals surface area contributed by atoms with Crippen LogP contribution in [0.25, 0.3) is 0 Å². The van der Waals surface area contributed by atoms with E-state index in [1.165, 1.54) is 5.56 Å². The molecule has 1 aliphatic heterocycles. The Kier molecular flexibility index (Phi) is 6.10. The van der Waals surface area contributed by atoms with Gasteiger partial charge in [0.2, 0.25) is 0 Å². The van der Waals surface area contributed by atoms with E-state index in [0.717, 1.165) is 51.4 Å². The Morgan fingerprint density at radius 2 is 1.95 bits per heavy atom. The number of carbonyl (C=O) groups excluding carboxylic acids is 1. The molecule has 2 rings (SSSR count). The maximum atomic E-state index is 12.3. The van der Waals surface area contributed by atoms with Gasteiger partial charge in [-0.1, -0.05) is 12.1 Å². The molecule has 0 aromatic heterocycles. The zero-order chi connectivity index (χ0) is 15.9. The first kappa shape index (κ1) is 16.7. The second-order valence-electron chi connectivity index (χ2n) is 6.01. The van der Waals surface area contributed by atoms with Gasteiger partial charge in [-0.3, -0.25) is 0 Å². The Balaban J connectivity index is 1.76. The molecule has 0 bridgehead atoms. The number of amides is 2. The number of hydrogen-bond acceptors (Lipinski definition) is 2. The van der Waals surface area contributed by atoms with Gasteiger partial charge in [0.25, 0.3) is 0 Å². The van der Waals surface area contributed by atoms with E-state index in [1.54, 1.807) is 0 Å². The number of hydrogen-bond donors (Lipinski definition) is 0. The van der Waals surface area contributed by atoms with Crippen molar-refractivity contribution in [2.24, 2.45) is 5.92 Å². The molecule has 1 fully saturated rings. The first-order valence-electron chi connectivity index (χ1n) is 8.37. The van der Waals surface area contributed by atoms with Gasteiger partial charge >= 0.3 is 6.03 Å². The summed E-state index contributed by atoms with van der Waals surface area (Å²) in [6.45, 7) is 10.1. The fourth-order valence-electron chi connectivity index (χ4n) is 2.90. The molecule has 22 heavy (non-hydrogen) atoms. The van der Waals surface area contributed by atoms with Crippen molar-refractivity contribution in [1.82, 2.24) is 9.80 Å². The molecule has 4 nitrogen and oxygen atoms in total. The van der Waals surface area contributed by atoms with Gasteiger partial charge in [0.15, 0.2) is 0 Å². The maximum absolute atomic E-state index is 12.3. The predicted molar refractivity (Wildman–Crippen MR) is 89.3 cm³/mol. The summed E-state index contributed by atoms with van der Waals surface area (Å²) in [5, 5.41) is 0. The molecule has 122 valence electrons. The lowest BCUT2D eigenvalue weighted by Gasteiger charge is -2.35. The highest BCUT2D eigenvalue weighted by Crippen LogP contribution is 2.21. The summed E-state index contributed by atoms with van der Waals surface area (Å²) < 4.78 is 5.90. The topological polar surface area (TPSA) is 32.8 Å². The molecular formula is C18H28N2O2. The van der Waals surface area contributed by atoms with Crippen molar-refractivity contribution in [3.63, 3.8) is 0 Å². The molecule has 1 aromatic carbocycles. The molecule has 0 saturated carbocycles. The standard InChI is InChI=1S/C18H28N2O2/c1-4-19(5-2)18(21)20-11-9-16(10-12-20)14-22-17-8-6-7-15(3)13-17/h6-8,13,16H,4-5,9-12,14H2,1-3H3. The molecule has 0 atom stereocenters. The zero-order valence-corrected chi connectivity index (χ0v) is 14.0.